The van der Waals surface area contributed by atoms with E-state index in [9.17, 15) is 9.59 Å². The van der Waals surface area contributed by atoms with E-state index < -0.39 is 18.2 Å². The first-order valence-electron chi connectivity index (χ1n) is 6.36. The Morgan fingerprint density at radius 1 is 1.22 bits per heavy atom. The van der Waals surface area contributed by atoms with Crippen LogP contribution >= 0.6 is 0 Å². The van der Waals surface area contributed by atoms with E-state index >= 15 is 0 Å². The molecule has 0 aromatic carbocycles. The van der Waals surface area contributed by atoms with Crippen molar-refractivity contribution >= 4 is 11.9 Å². The molecule has 1 amide bonds. The quantitative estimate of drug-likeness (QED) is 0.739. The second kappa shape index (κ2) is 5.24. The van der Waals surface area contributed by atoms with E-state index in [0.717, 1.165) is 13.1 Å². The fourth-order valence-corrected chi connectivity index (χ4v) is 2.65. The summed E-state index contributed by atoms with van der Waals surface area (Å²) in [7, 11) is 2.03. The topological polar surface area (TPSA) is 70.1 Å². The third kappa shape index (κ3) is 2.64. The molecule has 0 bridgehead atoms. The van der Waals surface area contributed by atoms with E-state index in [0.29, 0.717) is 19.4 Å². The standard InChI is InChI=1S/C12H20N2O4/c1-8-7-13(2)5-6-14(8)11(15)9-3-4-10(18-9)12(16)17/h8-10H,3-7H2,1-2H3,(H,16,17). The van der Waals surface area contributed by atoms with E-state index in [1.165, 1.54) is 0 Å². The Bertz CT molecular complexity index is 347. The van der Waals surface area contributed by atoms with Crippen molar-refractivity contribution in [2.75, 3.05) is 26.7 Å². The molecule has 1 N–H and O–H groups in total. The maximum Gasteiger partial charge on any atom is 0.332 e. The van der Waals surface area contributed by atoms with Crippen LogP contribution in [0.15, 0.2) is 0 Å². The van der Waals surface area contributed by atoms with E-state index in [-0.39, 0.29) is 11.9 Å². The van der Waals surface area contributed by atoms with Gasteiger partial charge < -0.3 is 19.6 Å². The van der Waals surface area contributed by atoms with E-state index in [1.807, 2.05) is 18.9 Å². The Labute approximate surface area is 106 Å². The molecule has 3 unspecified atom stereocenters. The monoisotopic (exact) mass is 256 g/mol. The van der Waals surface area contributed by atoms with Gasteiger partial charge in [-0.3, -0.25) is 4.79 Å². The number of carbonyl (C=O) groups is 2. The maximum atomic E-state index is 12.3. The van der Waals surface area contributed by atoms with Crippen molar-refractivity contribution in [2.24, 2.45) is 0 Å². The Hall–Kier alpha value is -1.14. The van der Waals surface area contributed by atoms with Gasteiger partial charge in [0, 0.05) is 25.7 Å². The highest BCUT2D eigenvalue weighted by Gasteiger charge is 2.38. The molecule has 2 rings (SSSR count). The molecule has 2 aliphatic rings. The van der Waals surface area contributed by atoms with Crippen molar-refractivity contribution in [2.45, 2.75) is 38.0 Å². The second-order valence-corrected chi connectivity index (χ2v) is 5.17. The van der Waals surface area contributed by atoms with Crippen LogP contribution in [0.3, 0.4) is 0 Å². The molecule has 0 aliphatic carbocycles. The summed E-state index contributed by atoms with van der Waals surface area (Å²) in [6.45, 7) is 4.40. The Morgan fingerprint density at radius 3 is 2.44 bits per heavy atom. The van der Waals surface area contributed by atoms with Crippen LogP contribution in [-0.2, 0) is 14.3 Å². The number of carboxylic acid groups (broad SMARTS) is 1. The third-order valence-corrected chi connectivity index (χ3v) is 3.68. The van der Waals surface area contributed by atoms with Gasteiger partial charge >= 0.3 is 5.97 Å². The van der Waals surface area contributed by atoms with Gasteiger partial charge in [0.2, 0.25) is 0 Å². The summed E-state index contributed by atoms with van der Waals surface area (Å²) in [6.07, 6.45) is -0.457. The molecular weight excluding hydrogens is 236 g/mol. The lowest BCUT2D eigenvalue weighted by molar-refractivity contribution is -0.156. The van der Waals surface area contributed by atoms with Gasteiger partial charge in [0.1, 0.15) is 6.10 Å². The average molecular weight is 256 g/mol. The molecule has 6 nitrogen and oxygen atoms in total. The molecule has 18 heavy (non-hydrogen) atoms. The summed E-state index contributed by atoms with van der Waals surface area (Å²) >= 11 is 0. The van der Waals surface area contributed by atoms with Gasteiger partial charge in [-0.2, -0.15) is 0 Å². The van der Waals surface area contributed by atoms with Crippen LogP contribution in [0.25, 0.3) is 0 Å². The number of aliphatic carboxylic acids is 1. The lowest BCUT2D eigenvalue weighted by atomic mass is 10.1. The summed E-state index contributed by atoms with van der Waals surface area (Å²) in [5.74, 6) is -1.03. The smallest absolute Gasteiger partial charge is 0.332 e. The SMILES string of the molecule is CC1CN(C)CCN1C(=O)C1CCC(C(=O)O)O1. The third-order valence-electron chi connectivity index (χ3n) is 3.68. The molecule has 102 valence electrons. The summed E-state index contributed by atoms with van der Waals surface area (Å²) in [5, 5.41) is 8.85. The highest BCUT2D eigenvalue weighted by molar-refractivity contribution is 5.83. The number of nitrogens with zero attached hydrogens (tertiary/aromatic N) is 2. The first kappa shape index (κ1) is 13.3. The van der Waals surface area contributed by atoms with Crippen LogP contribution in [0.2, 0.25) is 0 Å². The van der Waals surface area contributed by atoms with Gasteiger partial charge in [0.25, 0.3) is 5.91 Å². The van der Waals surface area contributed by atoms with Crippen molar-refractivity contribution in [3.05, 3.63) is 0 Å². The molecule has 0 saturated carbocycles. The van der Waals surface area contributed by atoms with E-state index in [1.54, 1.807) is 0 Å². The van der Waals surface area contributed by atoms with Crippen molar-refractivity contribution < 1.29 is 19.4 Å². The fourth-order valence-electron chi connectivity index (χ4n) is 2.65. The number of rotatable bonds is 2. The van der Waals surface area contributed by atoms with Gasteiger partial charge in [-0.05, 0) is 26.8 Å². The summed E-state index contributed by atoms with van der Waals surface area (Å²) < 4.78 is 5.31. The molecule has 0 radical (unpaired) electrons. The van der Waals surface area contributed by atoms with Crippen LogP contribution in [0, 0.1) is 0 Å². The largest absolute Gasteiger partial charge is 0.479 e. The molecular formula is C12H20N2O4. The number of amides is 1. The minimum Gasteiger partial charge on any atom is -0.479 e. The Morgan fingerprint density at radius 2 is 1.89 bits per heavy atom. The van der Waals surface area contributed by atoms with Crippen molar-refractivity contribution in [3.63, 3.8) is 0 Å². The van der Waals surface area contributed by atoms with Gasteiger partial charge in [0.05, 0.1) is 0 Å². The number of piperazine rings is 1. The minimum atomic E-state index is -0.975. The highest BCUT2D eigenvalue weighted by Crippen LogP contribution is 2.23. The molecule has 3 atom stereocenters. The maximum absolute atomic E-state index is 12.3. The number of ether oxygens (including phenoxy) is 1. The van der Waals surface area contributed by atoms with Crippen LogP contribution < -0.4 is 0 Å². The number of carboxylic acids is 1. The van der Waals surface area contributed by atoms with Gasteiger partial charge in [-0.25, -0.2) is 4.79 Å². The van der Waals surface area contributed by atoms with Crippen LogP contribution in [0.1, 0.15) is 19.8 Å². The summed E-state index contributed by atoms with van der Waals surface area (Å²) in [6, 6.07) is 0.156. The Balaban J connectivity index is 1.94. The summed E-state index contributed by atoms with van der Waals surface area (Å²) in [4.78, 5) is 27.1. The zero-order chi connectivity index (χ0) is 13.3. The molecule has 2 saturated heterocycles. The van der Waals surface area contributed by atoms with Crippen molar-refractivity contribution in [1.29, 1.82) is 0 Å². The number of hydrogen-bond acceptors (Lipinski definition) is 4. The predicted molar refractivity (Wildman–Crippen MR) is 64.2 cm³/mol. The number of hydrogen-bond donors (Lipinski definition) is 1. The van der Waals surface area contributed by atoms with Crippen LogP contribution in [0.4, 0.5) is 0 Å². The van der Waals surface area contributed by atoms with Crippen LogP contribution in [-0.4, -0.2) is 71.7 Å². The molecule has 2 aliphatic heterocycles. The summed E-state index contributed by atoms with van der Waals surface area (Å²) in [5.41, 5.74) is 0. The minimum absolute atomic E-state index is 0.0562. The normalized spacial score (nSPS) is 33.7. The lowest BCUT2D eigenvalue weighted by Gasteiger charge is -2.39. The first-order chi connectivity index (χ1) is 8.49. The molecule has 0 spiro atoms. The molecule has 2 fully saturated rings. The highest BCUT2D eigenvalue weighted by atomic mass is 16.5. The molecule has 0 aromatic rings. The first-order valence-corrected chi connectivity index (χ1v) is 6.36. The van der Waals surface area contributed by atoms with Gasteiger partial charge in [-0.1, -0.05) is 0 Å². The van der Waals surface area contributed by atoms with Gasteiger partial charge in [0.15, 0.2) is 6.10 Å². The number of likely N-dealkylation sites (N-methyl/N-ethyl adjacent to an activating group) is 1. The van der Waals surface area contributed by atoms with E-state index in [4.69, 9.17) is 9.84 Å². The fraction of sp³-hybridized carbons (Fsp3) is 0.833. The second-order valence-electron chi connectivity index (χ2n) is 5.17. The van der Waals surface area contributed by atoms with Crippen molar-refractivity contribution in [3.8, 4) is 0 Å². The Kier molecular flexibility index (Phi) is 3.87. The lowest BCUT2D eigenvalue weighted by Crippen LogP contribution is -2.55. The average Bonchev–Trinajstić information content (AvgIpc) is 2.77. The molecule has 2 heterocycles. The molecule has 6 heteroatoms. The molecule has 0 aromatic heterocycles. The zero-order valence-electron chi connectivity index (χ0n) is 10.8. The van der Waals surface area contributed by atoms with E-state index in [2.05, 4.69) is 4.90 Å². The van der Waals surface area contributed by atoms with Gasteiger partial charge in [-0.15, -0.1) is 0 Å². The van der Waals surface area contributed by atoms with Crippen molar-refractivity contribution in [1.82, 2.24) is 9.80 Å². The number of carbonyl (C=O) groups excluding carboxylic acids is 1. The van der Waals surface area contributed by atoms with Crippen LogP contribution in [0.5, 0.6) is 0 Å². The predicted octanol–water partition coefficient (Wildman–Crippen LogP) is -0.219. The zero-order valence-corrected chi connectivity index (χ0v) is 10.8.